The first-order valence-corrected chi connectivity index (χ1v) is 7.27. The quantitative estimate of drug-likeness (QED) is 0.521. The monoisotopic (exact) mass is 312 g/mol. The third-order valence-electron chi connectivity index (χ3n) is 2.34. The molecule has 0 saturated carbocycles. The second-order valence-corrected chi connectivity index (χ2v) is 5.72. The number of hydrogen-bond donors (Lipinski definition) is 1. The van der Waals surface area contributed by atoms with Gasteiger partial charge < -0.3 is 5.73 Å². The van der Waals surface area contributed by atoms with Gasteiger partial charge in [-0.2, -0.15) is 8.42 Å². The number of benzene rings is 1. The van der Waals surface area contributed by atoms with Crippen molar-refractivity contribution in [2.75, 3.05) is 0 Å². The molecular weight excluding hydrogens is 302 g/mol. The maximum atomic E-state index is 11.8. The first-order chi connectivity index (χ1) is 9.49. The molecule has 0 fully saturated rings. The Hall–Kier alpha value is -2.12. The largest absolute Gasteiger partial charge is 0.380 e. The van der Waals surface area contributed by atoms with Crippen LogP contribution in [0.4, 0.5) is 0 Å². The number of oxime groups is 1. The lowest BCUT2D eigenvalue weighted by molar-refractivity contribution is -0.378. The average molecular weight is 313 g/mol. The highest BCUT2D eigenvalue weighted by Gasteiger charge is 2.16. The molecule has 0 spiro atoms. The van der Waals surface area contributed by atoms with Crippen LogP contribution in [0.2, 0.25) is 5.02 Å². The number of pyridine rings is 1. The summed E-state index contributed by atoms with van der Waals surface area (Å²) in [6.45, 7) is 0. The van der Waals surface area contributed by atoms with Crippen molar-refractivity contribution in [1.82, 2.24) is 0 Å². The van der Waals surface area contributed by atoms with E-state index in [9.17, 15) is 8.42 Å². The maximum Gasteiger partial charge on any atom is 0.358 e. The second-order valence-electron chi connectivity index (χ2n) is 3.75. The van der Waals surface area contributed by atoms with Gasteiger partial charge in [0.2, 0.25) is 0 Å². The minimum absolute atomic E-state index is 0.0561. The third-order valence-corrected chi connectivity index (χ3v) is 3.71. The standard InChI is InChI=1S/C12H10ClN3O3S/c13-10-3-5-11(6-4-10)20(17,18)19-16-12(14)9-2-1-7-15-8-9/h1-8H,(H2,14,16)/p+1. The number of nitrogens with zero attached hydrogens (tertiary/aromatic N) is 1. The predicted octanol–water partition coefficient (Wildman–Crippen LogP) is 1.18. The number of aromatic amines is 1. The number of rotatable bonds is 4. The number of H-pyrrole nitrogens is 1. The molecular formula is C12H11ClN3O3S+. The van der Waals surface area contributed by atoms with Crippen LogP contribution in [0, 0.1) is 0 Å². The molecule has 1 aromatic heterocycles. The fourth-order valence-electron chi connectivity index (χ4n) is 1.34. The van der Waals surface area contributed by atoms with Crippen LogP contribution in [0.5, 0.6) is 0 Å². The van der Waals surface area contributed by atoms with Gasteiger partial charge in [-0.1, -0.05) is 11.6 Å². The van der Waals surface area contributed by atoms with Gasteiger partial charge in [-0.3, -0.25) is 4.28 Å². The summed E-state index contributed by atoms with van der Waals surface area (Å²) in [6, 6.07) is 8.88. The van der Waals surface area contributed by atoms with Gasteiger partial charge in [0, 0.05) is 11.1 Å². The third kappa shape index (κ3) is 3.46. The van der Waals surface area contributed by atoms with Crippen LogP contribution in [-0.2, 0) is 14.4 Å². The highest BCUT2D eigenvalue weighted by atomic mass is 35.5. The van der Waals surface area contributed by atoms with E-state index >= 15 is 0 Å². The Kier molecular flexibility index (Phi) is 4.21. The number of nitrogens with one attached hydrogen (secondary N) is 1. The molecule has 2 aromatic rings. The number of aromatic nitrogens is 1. The van der Waals surface area contributed by atoms with Crippen LogP contribution in [0.3, 0.4) is 0 Å². The molecule has 20 heavy (non-hydrogen) atoms. The Balaban J connectivity index is 2.19. The molecule has 2 rings (SSSR count). The minimum atomic E-state index is -4.02. The van der Waals surface area contributed by atoms with E-state index in [1.54, 1.807) is 24.5 Å². The Morgan fingerprint density at radius 3 is 2.55 bits per heavy atom. The summed E-state index contributed by atoms with van der Waals surface area (Å²) >= 11 is 5.68. The summed E-state index contributed by atoms with van der Waals surface area (Å²) in [6.07, 6.45) is 3.25. The van der Waals surface area contributed by atoms with Gasteiger partial charge in [0.25, 0.3) is 0 Å². The maximum absolute atomic E-state index is 11.8. The van der Waals surface area contributed by atoms with Crippen LogP contribution in [0.15, 0.2) is 58.8 Å². The Labute approximate surface area is 121 Å². The van der Waals surface area contributed by atoms with Crippen molar-refractivity contribution in [3.05, 3.63) is 59.4 Å². The lowest BCUT2D eigenvalue weighted by Crippen LogP contribution is -2.17. The normalized spacial score (nSPS) is 12.2. The summed E-state index contributed by atoms with van der Waals surface area (Å²) in [4.78, 5) is 2.74. The number of halogens is 1. The number of amidine groups is 1. The summed E-state index contributed by atoms with van der Waals surface area (Å²) in [5.41, 5.74) is 6.14. The molecule has 0 aliphatic heterocycles. The van der Waals surface area contributed by atoms with Crippen molar-refractivity contribution < 1.29 is 17.7 Å². The van der Waals surface area contributed by atoms with Gasteiger partial charge in [0.1, 0.15) is 4.90 Å². The lowest BCUT2D eigenvalue weighted by atomic mass is 10.3. The topological polar surface area (TPSA) is 95.9 Å². The van der Waals surface area contributed by atoms with Gasteiger partial charge >= 0.3 is 10.1 Å². The molecule has 0 saturated heterocycles. The van der Waals surface area contributed by atoms with Crippen molar-refractivity contribution in [3.63, 3.8) is 0 Å². The second kappa shape index (κ2) is 5.89. The summed E-state index contributed by atoms with van der Waals surface area (Å²) < 4.78 is 28.2. The average Bonchev–Trinajstić information content (AvgIpc) is 2.46. The van der Waals surface area contributed by atoms with E-state index in [1.807, 2.05) is 0 Å². The zero-order valence-corrected chi connectivity index (χ0v) is 11.7. The van der Waals surface area contributed by atoms with Crippen molar-refractivity contribution in [2.45, 2.75) is 4.90 Å². The van der Waals surface area contributed by atoms with E-state index < -0.39 is 10.1 Å². The molecule has 1 heterocycles. The van der Waals surface area contributed by atoms with Crippen molar-refractivity contribution in [1.29, 1.82) is 0 Å². The molecule has 3 N–H and O–H groups in total. The molecule has 0 aliphatic rings. The lowest BCUT2D eigenvalue weighted by Gasteiger charge is -2.02. The van der Waals surface area contributed by atoms with E-state index in [1.165, 1.54) is 24.3 Å². The molecule has 8 heteroatoms. The molecule has 1 aromatic carbocycles. The highest BCUT2D eigenvalue weighted by Crippen LogP contribution is 2.16. The molecule has 6 nitrogen and oxygen atoms in total. The smallest absolute Gasteiger partial charge is 0.358 e. The number of hydrogen-bond acceptors (Lipinski definition) is 4. The molecule has 0 radical (unpaired) electrons. The summed E-state index contributed by atoms with van der Waals surface area (Å²) in [5.74, 6) is -0.0561. The van der Waals surface area contributed by atoms with Gasteiger partial charge in [0.15, 0.2) is 18.2 Å². The van der Waals surface area contributed by atoms with Crippen LogP contribution in [0.25, 0.3) is 0 Å². The van der Waals surface area contributed by atoms with E-state index in [4.69, 9.17) is 17.3 Å². The molecule has 0 amide bonds. The first-order valence-electron chi connectivity index (χ1n) is 5.48. The Morgan fingerprint density at radius 2 is 1.95 bits per heavy atom. The Bertz CT molecular complexity index is 715. The van der Waals surface area contributed by atoms with E-state index in [-0.39, 0.29) is 10.7 Å². The molecule has 0 unspecified atom stereocenters. The van der Waals surface area contributed by atoms with Gasteiger partial charge in [-0.05, 0) is 35.5 Å². The van der Waals surface area contributed by atoms with Crippen molar-refractivity contribution >= 4 is 27.6 Å². The fraction of sp³-hybridized carbons (Fsp3) is 0. The molecule has 0 bridgehead atoms. The van der Waals surface area contributed by atoms with E-state index in [2.05, 4.69) is 14.4 Å². The zero-order chi connectivity index (χ0) is 14.6. The van der Waals surface area contributed by atoms with Crippen molar-refractivity contribution in [3.8, 4) is 0 Å². The van der Waals surface area contributed by atoms with Crippen LogP contribution in [-0.4, -0.2) is 14.3 Å². The van der Waals surface area contributed by atoms with Crippen LogP contribution < -0.4 is 10.7 Å². The summed E-state index contributed by atoms with van der Waals surface area (Å²) in [7, 11) is -4.02. The molecule has 104 valence electrons. The van der Waals surface area contributed by atoms with Gasteiger partial charge in [0.05, 0.1) is 5.56 Å². The highest BCUT2D eigenvalue weighted by molar-refractivity contribution is 7.86. The fourth-order valence-corrected chi connectivity index (χ4v) is 2.20. The molecule has 0 atom stereocenters. The Morgan fingerprint density at radius 1 is 1.25 bits per heavy atom. The molecule has 0 aliphatic carbocycles. The van der Waals surface area contributed by atoms with E-state index in [0.29, 0.717) is 10.6 Å². The summed E-state index contributed by atoms with van der Waals surface area (Å²) in [5, 5.41) is 3.84. The van der Waals surface area contributed by atoms with Gasteiger partial charge in [-0.25, -0.2) is 4.98 Å². The minimum Gasteiger partial charge on any atom is -0.380 e. The van der Waals surface area contributed by atoms with Gasteiger partial charge in [-0.15, -0.1) is 0 Å². The first kappa shape index (κ1) is 14.3. The van der Waals surface area contributed by atoms with Crippen molar-refractivity contribution in [2.24, 2.45) is 10.9 Å². The number of nitrogens with two attached hydrogens (primary N) is 1. The zero-order valence-electron chi connectivity index (χ0n) is 10.2. The van der Waals surface area contributed by atoms with Crippen LogP contribution >= 0.6 is 11.6 Å². The van der Waals surface area contributed by atoms with Crippen LogP contribution in [0.1, 0.15) is 5.56 Å². The van der Waals surface area contributed by atoms with E-state index in [0.717, 1.165) is 0 Å². The predicted molar refractivity (Wildman–Crippen MR) is 73.4 cm³/mol. The SMILES string of the molecule is NC(=NOS(=O)(=O)c1ccc(Cl)cc1)c1ccc[nH+]c1.